The Labute approximate surface area is 119 Å². The fraction of sp³-hybridized carbons (Fsp3) is 0.143. The van der Waals surface area contributed by atoms with Gasteiger partial charge in [-0.1, -0.05) is 12.1 Å². The highest BCUT2D eigenvalue weighted by Crippen LogP contribution is 2.35. The van der Waals surface area contributed by atoms with E-state index in [2.05, 4.69) is 22.9 Å². The van der Waals surface area contributed by atoms with Crippen molar-refractivity contribution in [3.05, 3.63) is 52.2 Å². The first-order chi connectivity index (χ1) is 9.31. The maximum atomic E-state index is 5.73. The van der Waals surface area contributed by atoms with Crippen LogP contribution >= 0.6 is 22.7 Å². The maximum absolute atomic E-state index is 5.73. The summed E-state index contributed by atoms with van der Waals surface area (Å²) in [6, 6.07) is 12.4. The van der Waals surface area contributed by atoms with Crippen molar-refractivity contribution in [1.82, 2.24) is 5.43 Å². The zero-order chi connectivity index (χ0) is 13.2. The van der Waals surface area contributed by atoms with Crippen LogP contribution in [0, 0.1) is 0 Å². The van der Waals surface area contributed by atoms with E-state index < -0.39 is 0 Å². The predicted molar refractivity (Wildman–Crippen MR) is 81.9 cm³/mol. The minimum atomic E-state index is 0.0236. The minimum Gasteiger partial charge on any atom is -0.497 e. The van der Waals surface area contributed by atoms with Gasteiger partial charge in [-0.3, -0.25) is 5.84 Å². The third-order valence-electron chi connectivity index (χ3n) is 3.06. The molecule has 0 aliphatic carbocycles. The van der Waals surface area contributed by atoms with E-state index in [1.54, 1.807) is 29.8 Å². The molecule has 2 heterocycles. The number of nitrogens with one attached hydrogen (secondary N) is 1. The van der Waals surface area contributed by atoms with Gasteiger partial charge < -0.3 is 4.74 Å². The number of hydrazine groups is 1. The van der Waals surface area contributed by atoms with Crippen molar-refractivity contribution in [2.45, 2.75) is 6.04 Å². The van der Waals surface area contributed by atoms with Crippen LogP contribution in [-0.4, -0.2) is 7.11 Å². The first-order valence-corrected chi connectivity index (χ1v) is 7.58. The molecule has 0 fully saturated rings. The number of rotatable bonds is 4. The summed E-state index contributed by atoms with van der Waals surface area (Å²) in [6.07, 6.45) is 0. The summed E-state index contributed by atoms with van der Waals surface area (Å²) in [6.45, 7) is 0. The van der Waals surface area contributed by atoms with Crippen LogP contribution in [0.15, 0.2) is 41.8 Å². The van der Waals surface area contributed by atoms with Crippen LogP contribution in [0.1, 0.15) is 16.5 Å². The van der Waals surface area contributed by atoms with Crippen molar-refractivity contribution in [1.29, 1.82) is 0 Å². The molecule has 1 atom stereocenters. The van der Waals surface area contributed by atoms with Crippen molar-refractivity contribution >= 4 is 32.1 Å². The molecule has 1 unspecified atom stereocenters. The number of thiophene rings is 2. The molecule has 0 saturated carbocycles. The molecule has 0 radical (unpaired) electrons. The molecule has 3 aromatic rings. The van der Waals surface area contributed by atoms with Gasteiger partial charge in [-0.05, 0) is 35.2 Å². The second-order valence-corrected chi connectivity index (χ2v) is 6.23. The van der Waals surface area contributed by atoms with E-state index in [1.165, 1.54) is 14.3 Å². The SMILES string of the molecule is COc1ccc(C(NN)c2cc3sccc3s2)cc1. The number of hydrogen-bond donors (Lipinski definition) is 2. The molecular formula is C14H14N2OS2. The second kappa shape index (κ2) is 5.30. The Morgan fingerprint density at radius 1 is 1.16 bits per heavy atom. The van der Waals surface area contributed by atoms with E-state index in [0.717, 1.165) is 11.3 Å². The standard InChI is InChI=1S/C14H14N2OS2/c1-17-10-4-2-9(3-5-10)14(16-15)13-8-12-11(19-13)6-7-18-12/h2-8,14,16H,15H2,1H3. The number of ether oxygens (including phenoxy) is 1. The van der Waals surface area contributed by atoms with Gasteiger partial charge in [-0.15, -0.1) is 22.7 Å². The predicted octanol–water partition coefficient (Wildman–Crippen LogP) is 3.52. The number of nitrogens with two attached hydrogens (primary N) is 1. The van der Waals surface area contributed by atoms with Crippen LogP contribution in [-0.2, 0) is 0 Å². The van der Waals surface area contributed by atoms with Gasteiger partial charge in [0.05, 0.1) is 13.2 Å². The highest BCUT2D eigenvalue weighted by Gasteiger charge is 2.15. The Bertz CT molecular complexity index is 644. The first kappa shape index (κ1) is 12.6. The fourth-order valence-corrected chi connectivity index (χ4v) is 4.27. The molecule has 3 nitrogen and oxygen atoms in total. The summed E-state index contributed by atoms with van der Waals surface area (Å²) in [5.74, 6) is 6.58. The van der Waals surface area contributed by atoms with E-state index in [1.807, 2.05) is 24.3 Å². The minimum absolute atomic E-state index is 0.0236. The molecule has 2 aromatic heterocycles. The van der Waals surface area contributed by atoms with Crippen molar-refractivity contribution in [2.24, 2.45) is 5.84 Å². The third-order valence-corrected chi connectivity index (χ3v) is 5.22. The van der Waals surface area contributed by atoms with Gasteiger partial charge in [0.15, 0.2) is 0 Å². The highest BCUT2D eigenvalue weighted by molar-refractivity contribution is 7.27. The fourth-order valence-electron chi connectivity index (χ4n) is 2.07. The Kier molecular flexibility index (Phi) is 3.52. The Morgan fingerprint density at radius 3 is 2.58 bits per heavy atom. The van der Waals surface area contributed by atoms with Gasteiger partial charge in [0.2, 0.25) is 0 Å². The maximum Gasteiger partial charge on any atom is 0.118 e. The van der Waals surface area contributed by atoms with Crippen LogP contribution in [0.25, 0.3) is 9.40 Å². The zero-order valence-corrected chi connectivity index (χ0v) is 12.1. The summed E-state index contributed by atoms with van der Waals surface area (Å²) in [5.41, 5.74) is 4.03. The molecule has 0 aliphatic rings. The summed E-state index contributed by atoms with van der Waals surface area (Å²) in [5, 5.41) is 2.11. The largest absolute Gasteiger partial charge is 0.497 e. The summed E-state index contributed by atoms with van der Waals surface area (Å²) >= 11 is 3.54. The zero-order valence-electron chi connectivity index (χ0n) is 10.4. The van der Waals surface area contributed by atoms with Crippen molar-refractivity contribution in [2.75, 3.05) is 7.11 Å². The molecule has 3 rings (SSSR count). The van der Waals surface area contributed by atoms with Gasteiger partial charge in [-0.25, -0.2) is 5.43 Å². The normalized spacial score (nSPS) is 12.7. The lowest BCUT2D eigenvalue weighted by Gasteiger charge is -2.15. The van der Waals surface area contributed by atoms with Crippen LogP contribution in [0.4, 0.5) is 0 Å². The van der Waals surface area contributed by atoms with Crippen LogP contribution < -0.4 is 16.0 Å². The van der Waals surface area contributed by atoms with E-state index in [4.69, 9.17) is 10.6 Å². The van der Waals surface area contributed by atoms with Crippen molar-refractivity contribution in [3.8, 4) is 5.75 Å². The molecular weight excluding hydrogens is 276 g/mol. The van der Waals surface area contributed by atoms with Crippen molar-refractivity contribution in [3.63, 3.8) is 0 Å². The smallest absolute Gasteiger partial charge is 0.118 e. The second-order valence-electron chi connectivity index (χ2n) is 4.17. The number of fused-ring (bicyclic) bond motifs is 1. The summed E-state index contributed by atoms with van der Waals surface area (Å²) in [4.78, 5) is 1.23. The molecule has 5 heteroatoms. The molecule has 3 N–H and O–H groups in total. The van der Waals surface area contributed by atoms with Gasteiger partial charge in [-0.2, -0.15) is 0 Å². The lowest BCUT2D eigenvalue weighted by Crippen LogP contribution is -2.28. The molecule has 98 valence electrons. The average molecular weight is 290 g/mol. The monoisotopic (exact) mass is 290 g/mol. The molecule has 0 spiro atoms. The lowest BCUT2D eigenvalue weighted by atomic mass is 10.1. The average Bonchev–Trinajstić information content (AvgIpc) is 3.02. The quantitative estimate of drug-likeness (QED) is 0.571. The summed E-state index contributed by atoms with van der Waals surface area (Å²) < 4.78 is 7.80. The Balaban J connectivity index is 1.96. The van der Waals surface area contributed by atoms with Gasteiger partial charge in [0.25, 0.3) is 0 Å². The van der Waals surface area contributed by atoms with Crippen LogP contribution in [0.3, 0.4) is 0 Å². The molecule has 0 aliphatic heterocycles. The van der Waals surface area contributed by atoms with Gasteiger partial charge in [0.1, 0.15) is 5.75 Å². The van der Waals surface area contributed by atoms with E-state index in [9.17, 15) is 0 Å². The van der Waals surface area contributed by atoms with E-state index in [0.29, 0.717) is 0 Å². The lowest BCUT2D eigenvalue weighted by molar-refractivity contribution is 0.414. The van der Waals surface area contributed by atoms with E-state index in [-0.39, 0.29) is 6.04 Å². The molecule has 0 saturated heterocycles. The van der Waals surface area contributed by atoms with Crippen molar-refractivity contribution < 1.29 is 4.74 Å². The molecule has 0 amide bonds. The Hall–Kier alpha value is -1.40. The number of methoxy groups -OCH3 is 1. The highest BCUT2D eigenvalue weighted by atomic mass is 32.1. The first-order valence-electron chi connectivity index (χ1n) is 5.89. The number of hydrogen-bond acceptors (Lipinski definition) is 5. The van der Waals surface area contributed by atoms with Crippen LogP contribution in [0.5, 0.6) is 5.75 Å². The molecule has 1 aromatic carbocycles. The third kappa shape index (κ3) is 2.37. The molecule has 19 heavy (non-hydrogen) atoms. The Morgan fingerprint density at radius 2 is 1.95 bits per heavy atom. The van der Waals surface area contributed by atoms with Crippen LogP contribution in [0.2, 0.25) is 0 Å². The van der Waals surface area contributed by atoms with Gasteiger partial charge >= 0.3 is 0 Å². The topological polar surface area (TPSA) is 47.3 Å². The molecule has 0 bridgehead atoms. The number of benzene rings is 1. The summed E-state index contributed by atoms with van der Waals surface area (Å²) in [7, 11) is 1.67. The van der Waals surface area contributed by atoms with Gasteiger partial charge in [0, 0.05) is 14.3 Å². The van der Waals surface area contributed by atoms with E-state index >= 15 is 0 Å².